The van der Waals surface area contributed by atoms with E-state index in [1.165, 1.54) is 6.33 Å². The number of sulfonamides is 1. The van der Waals surface area contributed by atoms with Crippen molar-refractivity contribution in [1.82, 2.24) is 19.8 Å². The molecule has 8 heteroatoms. The van der Waals surface area contributed by atoms with Crippen LogP contribution in [0.1, 0.15) is 43.5 Å². The van der Waals surface area contributed by atoms with E-state index in [0.717, 1.165) is 35.3 Å². The van der Waals surface area contributed by atoms with Gasteiger partial charge in [-0.3, -0.25) is 0 Å². The van der Waals surface area contributed by atoms with Gasteiger partial charge < -0.3 is 0 Å². The van der Waals surface area contributed by atoms with Crippen LogP contribution in [0.4, 0.5) is 0 Å². The first kappa shape index (κ1) is 16.8. The van der Waals surface area contributed by atoms with Crippen LogP contribution in [0.15, 0.2) is 6.33 Å². The summed E-state index contributed by atoms with van der Waals surface area (Å²) in [7, 11) is -3.41. The summed E-state index contributed by atoms with van der Waals surface area (Å²) in [6, 6.07) is 0. The Bertz CT molecular complexity index is 780. The zero-order chi connectivity index (χ0) is 16.5. The van der Waals surface area contributed by atoms with Crippen molar-refractivity contribution in [3.8, 4) is 0 Å². The van der Waals surface area contributed by atoms with Crippen LogP contribution >= 0.6 is 0 Å². The number of aryl methyl sites for hydroxylation is 2. The Kier molecular flexibility index (Phi) is 4.53. The van der Waals surface area contributed by atoms with E-state index in [1.807, 2.05) is 27.7 Å². The summed E-state index contributed by atoms with van der Waals surface area (Å²) in [6.45, 7) is 8.14. The second kappa shape index (κ2) is 5.92. The monoisotopic (exact) mass is 325 g/mol. The van der Waals surface area contributed by atoms with Crippen molar-refractivity contribution < 1.29 is 8.42 Å². The minimum absolute atomic E-state index is 0.00749. The SMILES string of the molecule is Cc1c(CCC(C)(C)CCS(N)(=O)=O)nn2ncnc2c1C. The van der Waals surface area contributed by atoms with Crippen molar-refractivity contribution in [2.45, 2.75) is 47.0 Å². The maximum absolute atomic E-state index is 11.1. The molecule has 0 aliphatic heterocycles. The van der Waals surface area contributed by atoms with Crippen LogP contribution in [0.5, 0.6) is 0 Å². The van der Waals surface area contributed by atoms with Crippen molar-refractivity contribution in [2.24, 2.45) is 10.6 Å². The summed E-state index contributed by atoms with van der Waals surface area (Å²) in [5.41, 5.74) is 3.81. The third kappa shape index (κ3) is 4.01. The van der Waals surface area contributed by atoms with Crippen LogP contribution in [0.3, 0.4) is 0 Å². The summed E-state index contributed by atoms with van der Waals surface area (Å²) in [5.74, 6) is 0.00749. The number of nitrogens with zero attached hydrogens (tertiary/aromatic N) is 4. The van der Waals surface area contributed by atoms with Crippen molar-refractivity contribution in [2.75, 3.05) is 5.75 Å². The normalized spacial score (nSPS) is 13.0. The molecular formula is C14H23N5O2S. The van der Waals surface area contributed by atoms with E-state index in [1.54, 1.807) is 4.63 Å². The number of aromatic nitrogens is 4. The summed E-state index contributed by atoms with van der Waals surface area (Å²) < 4.78 is 23.8. The summed E-state index contributed by atoms with van der Waals surface area (Å²) >= 11 is 0. The Hall–Kier alpha value is -1.54. The lowest BCUT2D eigenvalue weighted by Gasteiger charge is -2.24. The molecule has 0 spiro atoms. The number of nitrogens with two attached hydrogens (primary N) is 1. The molecule has 2 N–H and O–H groups in total. The fourth-order valence-electron chi connectivity index (χ4n) is 2.37. The fourth-order valence-corrected chi connectivity index (χ4v) is 3.20. The van der Waals surface area contributed by atoms with Crippen LogP contribution in [0.25, 0.3) is 5.65 Å². The van der Waals surface area contributed by atoms with E-state index in [9.17, 15) is 8.42 Å². The molecule has 0 aromatic carbocycles. The van der Waals surface area contributed by atoms with Gasteiger partial charge in [0.2, 0.25) is 10.0 Å². The zero-order valence-electron chi connectivity index (χ0n) is 13.5. The minimum atomic E-state index is -3.41. The second-order valence-electron chi connectivity index (χ2n) is 6.55. The van der Waals surface area contributed by atoms with Gasteiger partial charge in [0.05, 0.1) is 11.4 Å². The topological polar surface area (TPSA) is 103 Å². The molecule has 0 amide bonds. The average molecular weight is 325 g/mol. The first-order valence-electron chi connectivity index (χ1n) is 7.26. The largest absolute Gasteiger partial charge is 0.229 e. The molecule has 2 aromatic heterocycles. The molecule has 0 radical (unpaired) electrons. The molecule has 22 heavy (non-hydrogen) atoms. The molecule has 2 rings (SSSR count). The van der Waals surface area contributed by atoms with Crippen molar-refractivity contribution in [3.63, 3.8) is 0 Å². The second-order valence-corrected chi connectivity index (χ2v) is 8.28. The molecule has 0 aliphatic rings. The Morgan fingerprint density at radius 1 is 1.23 bits per heavy atom. The Morgan fingerprint density at radius 2 is 1.91 bits per heavy atom. The molecular weight excluding hydrogens is 302 g/mol. The predicted molar refractivity (Wildman–Crippen MR) is 84.9 cm³/mol. The molecule has 0 atom stereocenters. The maximum atomic E-state index is 11.1. The van der Waals surface area contributed by atoms with Gasteiger partial charge in [0.1, 0.15) is 6.33 Å². The first-order chi connectivity index (χ1) is 10.1. The highest BCUT2D eigenvalue weighted by Crippen LogP contribution is 2.28. The van der Waals surface area contributed by atoms with Gasteiger partial charge in [-0.2, -0.15) is 5.10 Å². The third-order valence-electron chi connectivity index (χ3n) is 4.18. The van der Waals surface area contributed by atoms with Crippen LogP contribution in [-0.4, -0.2) is 34.0 Å². The highest BCUT2D eigenvalue weighted by Gasteiger charge is 2.21. The average Bonchev–Trinajstić information content (AvgIpc) is 2.87. The highest BCUT2D eigenvalue weighted by atomic mass is 32.2. The number of primary sulfonamides is 1. The number of hydrogen-bond acceptors (Lipinski definition) is 5. The van der Waals surface area contributed by atoms with Gasteiger partial charge in [0.15, 0.2) is 5.65 Å². The molecule has 0 unspecified atom stereocenters. The van der Waals surface area contributed by atoms with Gasteiger partial charge in [0, 0.05) is 5.56 Å². The standard InChI is InChI=1S/C14H23N5O2S/c1-10-11(2)13-16-9-17-19(13)18-12(10)5-6-14(3,4)7-8-22(15,20)21/h9H,5-8H2,1-4H3,(H2,15,20,21). The lowest BCUT2D eigenvalue weighted by Crippen LogP contribution is -2.23. The van der Waals surface area contributed by atoms with Crippen LogP contribution in [-0.2, 0) is 16.4 Å². The van der Waals surface area contributed by atoms with Gasteiger partial charge in [0.25, 0.3) is 0 Å². The zero-order valence-corrected chi connectivity index (χ0v) is 14.3. The quantitative estimate of drug-likeness (QED) is 0.864. The van der Waals surface area contributed by atoms with E-state index >= 15 is 0 Å². The molecule has 0 fully saturated rings. The van der Waals surface area contributed by atoms with Crippen LogP contribution < -0.4 is 5.14 Å². The van der Waals surface area contributed by atoms with E-state index in [4.69, 9.17) is 5.14 Å². The smallest absolute Gasteiger partial charge is 0.209 e. The number of rotatable bonds is 6. The van der Waals surface area contributed by atoms with Crippen molar-refractivity contribution >= 4 is 15.7 Å². The fraction of sp³-hybridized carbons (Fsp3) is 0.643. The summed E-state index contributed by atoms with van der Waals surface area (Å²) in [4.78, 5) is 4.19. The van der Waals surface area contributed by atoms with Gasteiger partial charge in [-0.15, -0.1) is 9.73 Å². The molecule has 0 bridgehead atoms. The van der Waals surface area contributed by atoms with E-state index < -0.39 is 10.0 Å². The van der Waals surface area contributed by atoms with Gasteiger partial charge in [-0.1, -0.05) is 13.8 Å². The lowest BCUT2D eigenvalue weighted by molar-refractivity contribution is 0.321. The Morgan fingerprint density at radius 3 is 2.55 bits per heavy atom. The van der Waals surface area contributed by atoms with E-state index in [0.29, 0.717) is 6.42 Å². The van der Waals surface area contributed by atoms with Gasteiger partial charge in [-0.05, 0) is 44.1 Å². The maximum Gasteiger partial charge on any atom is 0.209 e. The van der Waals surface area contributed by atoms with E-state index in [2.05, 4.69) is 15.2 Å². The van der Waals surface area contributed by atoms with Crippen molar-refractivity contribution in [1.29, 1.82) is 0 Å². The molecule has 0 aliphatic carbocycles. The van der Waals surface area contributed by atoms with Gasteiger partial charge >= 0.3 is 0 Å². The third-order valence-corrected chi connectivity index (χ3v) is 4.95. The molecule has 122 valence electrons. The van der Waals surface area contributed by atoms with Crippen LogP contribution in [0, 0.1) is 19.3 Å². The first-order valence-corrected chi connectivity index (χ1v) is 8.97. The lowest BCUT2D eigenvalue weighted by atomic mass is 9.84. The highest BCUT2D eigenvalue weighted by molar-refractivity contribution is 7.89. The molecule has 2 aromatic rings. The Labute approximate surface area is 131 Å². The molecule has 2 heterocycles. The van der Waals surface area contributed by atoms with Crippen LogP contribution in [0.2, 0.25) is 0 Å². The molecule has 0 saturated carbocycles. The summed E-state index contributed by atoms with van der Waals surface area (Å²) in [5, 5.41) is 13.7. The number of fused-ring (bicyclic) bond motifs is 1. The molecule has 7 nitrogen and oxygen atoms in total. The van der Waals surface area contributed by atoms with E-state index in [-0.39, 0.29) is 11.2 Å². The minimum Gasteiger partial charge on any atom is -0.229 e. The predicted octanol–water partition coefficient (Wildman–Crippen LogP) is 1.38. The Balaban J connectivity index is 2.12. The van der Waals surface area contributed by atoms with Gasteiger partial charge in [-0.25, -0.2) is 18.5 Å². The number of hydrogen-bond donors (Lipinski definition) is 1. The van der Waals surface area contributed by atoms with Crippen molar-refractivity contribution in [3.05, 3.63) is 23.1 Å². The molecule has 0 saturated heterocycles. The summed E-state index contributed by atoms with van der Waals surface area (Å²) in [6.07, 6.45) is 3.63.